The van der Waals surface area contributed by atoms with Crippen molar-refractivity contribution in [2.24, 2.45) is 5.73 Å². The largest absolute Gasteiger partial charge is 0.460 e. The molecule has 0 bridgehead atoms. The summed E-state index contributed by atoms with van der Waals surface area (Å²) >= 11 is 0. The minimum Gasteiger partial charge on any atom is -0.460 e. The number of nitrogens with two attached hydrogens (primary N) is 1. The summed E-state index contributed by atoms with van der Waals surface area (Å²) in [6, 6.07) is 5.71. The van der Waals surface area contributed by atoms with E-state index in [0.717, 1.165) is 0 Å². The lowest BCUT2D eigenvalue weighted by Crippen LogP contribution is -2.27. The molecule has 31 heavy (non-hydrogen) atoms. The number of allylic oxidation sites excluding steroid dienone is 2. The van der Waals surface area contributed by atoms with E-state index in [9.17, 15) is 19.7 Å². The molecule has 9 nitrogen and oxygen atoms in total. The van der Waals surface area contributed by atoms with Crippen molar-refractivity contribution in [3.8, 4) is 0 Å². The predicted molar refractivity (Wildman–Crippen MR) is 115 cm³/mol. The van der Waals surface area contributed by atoms with Crippen LogP contribution in [0.3, 0.4) is 0 Å². The Morgan fingerprint density at radius 1 is 1.10 bits per heavy atom. The molecule has 1 aromatic carbocycles. The van der Waals surface area contributed by atoms with E-state index in [1.165, 1.54) is 32.2 Å². The molecular weight excluding hydrogens is 404 g/mol. The first kappa shape index (κ1) is 25.8. The van der Waals surface area contributed by atoms with Gasteiger partial charge in [0.25, 0.3) is 5.69 Å². The third kappa shape index (κ3) is 7.21. The Labute approximate surface area is 182 Å². The molecular formula is C22H30N2O7. The highest BCUT2D eigenvalue weighted by molar-refractivity contribution is 5.99. The third-order valence-corrected chi connectivity index (χ3v) is 4.26. The number of nitro groups is 1. The first-order valence-electron chi connectivity index (χ1n) is 9.76. The van der Waals surface area contributed by atoms with Crippen molar-refractivity contribution < 1.29 is 28.7 Å². The average molecular weight is 434 g/mol. The van der Waals surface area contributed by atoms with E-state index >= 15 is 0 Å². The molecule has 0 aliphatic carbocycles. The van der Waals surface area contributed by atoms with Gasteiger partial charge in [-0.2, -0.15) is 0 Å². The molecule has 2 N–H and O–H groups in total. The Balaban J connectivity index is 3.73. The standard InChI is InChI=1S/C22H30N2O7/c1-13(2)18(21(25)30-11-10-29-6)20(16-8-7-9-17(12-16)24(27)28)19(15(5)23)22(26)31-14(3)4/h7-9,12,14,20H,10-11,23H2,1-6H3/b19-15+. The fourth-order valence-electron chi connectivity index (χ4n) is 2.99. The van der Waals surface area contributed by atoms with Crippen LogP contribution in [0, 0.1) is 10.1 Å². The Hall–Kier alpha value is -3.20. The van der Waals surface area contributed by atoms with Gasteiger partial charge < -0.3 is 19.9 Å². The van der Waals surface area contributed by atoms with Gasteiger partial charge in [0, 0.05) is 30.5 Å². The summed E-state index contributed by atoms with van der Waals surface area (Å²) in [5.74, 6) is -2.41. The van der Waals surface area contributed by atoms with Gasteiger partial charge in [-0.3, -0.25) is 10.1 Å². The number of non-ortho nitro benzene ring substituents is 1. The summed E-state index contributed by atoms with van der Waals surface area (Å²) in [6.07, 6.45) is -0.434. The van der Waals surface area contributed by atoms with Crippen LogP contribution < -0.4 is 5.73 Å². The zero-order valence-corrected chi connectivity index (χ0v) is 18.8. The first-order valence-corrected chi connectivity index (χ1v) is 9.76. The Morgan fingerprint density at radius 2 is 1.74 bits per heavy atom. The number of carbonyl (C=O) groups is 2. The molecule has 9 heteroatoms. The van der Waals surface area contributed by atoms with Crippen LogP contribution in [0.15, 0.2) is 46.7 Å². The quantitative estimate of drug-likeness (QED) is 0.195. The lowest BCUT2D eigenvalue weighted by atomic mass is 9.81. The molecule has 1 unspecified atom stereocenters. The normalized spacial score (nSPS) is 12.6. The van der Waals surface area contributed by atoms with E-state index in [0.29, 0.717) is 11.1 Å². The summed E-state index contributed by atoms with van der Waals surface area (Å²) in [5.41, 5.74) is 7.08. The first-order chi connectivity index (χ1) is 14.5. The van der Waals surface area contributed by atoms with E-state index in [1.54, 1.807) is 33.8 Å². The Morgan fingerprint density at radius 3 is 2.23 bits per heavy atom. The molecule has 1 aromatic rings. The number of esters is 2. The second kappa shape index (κ2) is 11.8. The molecule has 0 aromatic heterocycles. The lowest BCUT2D eigenvalue weighted by Gasteiger charge is -2.25. The van der Waals surface area contributed by atoms with Crippen LogP contribution in [-0.4, -0.2) is 43.3 Å². The Bertz CT molecular complexity index is 880. The number of methoxy groups -OCH3 is 1. The van der Waals surface area contributed by atoms with Gasteiger partial charge >= 0.3 is 11.9 Å². The van der Waals surface area contributed by atoms with Crippen molar-refractivity contribution >= 4 is 17.6 Å². The van der Waals surface area contributed by atoms with Gasteiger partial charge in [-0.1, -0.05) is 17.7 Å². The molecule has 0 saturated heterocycles. The maximum Gasteiger partial charge on any atom is 0.336 e. The minimum atomic E-state index is -1.02. The number of carbonyl (C=O) groups excluding carboxylic acids is 2. The summed E-state index contributed by atoms with van der Waals surface area (Å²) in [6.45, 7) is 8.46. The number of hydrogen-bond acceptors (Lipinski definition) is 8. The van der Waals surface area contributed by atoms with Crippen LogP contribution in [0.4, 0.5) is 5.69 Å². The molecule has 0 aliphatic rings. The predicted octanol–water partition coefficient (Wildman–Crippen LogP) is 3.39. The summed E-state index contributed by atoms with van der Waals surface area (Å²) in [5, 5.41) is 11.3. The number of ether oxygens (including phenoxy) is 3. The van der Waals surface area contributed by atoms with Crippen LogP contribution >= 0.6 is 0 Å². The summed E-state index contributed by atoms with van der Waals surface area (Å²) in [7, 11) is 1.47. The molecule has 0 fully saturated rings. The molecule has 1 rings (SSSR count). The molecule has 0 saturated carbocycles. The van der Waals surface area contributed by atoms with Gasteiger partial charge in [0.2, 0.25) is 0 Å². The van der Waals surface area contributed by atoms with Gasteiger partial charge in [-0.15, -0.1) is 0 Å². The van der Waals surface area contributed by atoms with Gasteiger partial charge in [-0.05, 0) is 40.2 Å². The van der Waals surface area contributed by atoms with Crippen LogP contribution in [0.2, 0.25) is 0 Å². The summed E-state index contributed by atoms with van der Waals surface area (Å²) < 4.78 is 15.6. The fourth-order valence-corrected chi connectivity index (χ4v) is 2.99. The highest BCUT2D eigenvalue weighted by Gasteiger charge is 2.35. The topological polar surface area (TPSA) is 131 Å². The molecule has 1 atom stereocenters. The van der Waals surface area contributed by atoms with E-state index in [4.69, 9.17) is 19.9 Å². The number of hydrogen-bond donors (Lipinski definition) is 1. The van der Waals surface area contributed by atoms with E-state index in [2.05, 4.69) is 0 Å². The smallest absolute Gasteiger partial charge is 0.336 e. The minimum absolute atomic E-state index is 0.00483. The molecule has 0 spiro atoms. The Kier molecular flexibility index (Phi) is 9.88. The third-order valence-electron chi connectivity index (χ3n) is 4.26. The zero-order valence-electron chi connectivity index (χ0n) is 18.8. The van der Waals surface area contributed by atoms with Gasteiger partial charge in [0.05, 0.1) is 29.1 Å². The summed E-state index contributed by atoms with van der Waals surface area (Å²) in [4.78, 5) is 36.7. The second-order valence-corrected chi connectivity index (χ2v) is 7.38. The van der Waals surface area contributed by atoms with Gasteiger partial charge in [-0.25, -0.2) is 9.59 Å². The van der Waals surface area contributed by atoms with Crippen molar-refractivity contribution in [3.05, 3.63) is 62.4 Å². The van der Waals surface area contributed by atoms with Crippen molar-refractivity contribution in [3.63, 3.8) is 0 Å². The van der Waals surface area contributed by atoms with Crippen molar-refractivity contribution in [1.29, 1.82) is 0 Å². The lowest BCUT2D eigenvalue weighted by molar-refractivity contribution is -0.384. The van der Waals surface area contributed by atoms with Crippen molar-refractivity contribution in [2.75, 3.05) is 20.3 Å². The molecule has 0 amide bonds. The van der Waals surface area contributed by atoms with E-state index < -0.39 is 28.9 Å². The molecule has 0 radical (unpaired) electrons. The van der Waals surface area contributed by atoms with E-state index in [1.807, 2.05) is 0 Å². The van der Waals surface area contributed by atoms with Gasteiger partial charge in [0.15, 0.2) is 0 Å². The average Bonchev–Trinajstić information content (AvgIpc) is 2.66. The molecule has 0 heterocycles. The fraction of sp³-hybridized carbons (Fsp3) is 0.455. The van der Waals surface area contributed by atoms with Crippen molar-refractivity contribution in [2.45, 2.75) is 46.6 Å². The number of benzene rings is 1. The highest BCUT2D eigenvalue weighted by Crippen LogP contribution is 2.37. The van der Waals surface area contributed by atoms with E-state index in [-0.39, 0.29) is 35.7 Å². The highest BCUT2D eigenvalue weighted by atomic mass is 16.6. The van der Waals surface area contributed by atoms with Crippen LogP contribution in [0.1, 0.15) is 46.1 Å². The maximum atomic E-state index is 13.0. The number of rotatable bonds is 10. The molecule has 0 aliphatic heterocycles. The molecule has 170 valence electrons. The number of nitro benzene ring substituents is 1. The second-order valence-electron chi connectivity index (χ2n) is 7.38. The van der Waals surface area contributed by atoms with Gasteiger partial charge in [0.1, 0.15) is 6.61 Å². The SMILES string of the molecule is COCCOC(=O)C(=C(C)C)C(/C(C(=O)OC(C)C)=C(/C)N)c1cccc([N+](=O)[O-])c1. The maximum absolute atomic E-state index is 13.0. The number of nitrogens with zero attached hydrogens (tertiary/aromatic N) is 1. The van der Waals surface area contributed by atoms with Crippen LogP contribution in [-0.2, 0) is 23.8 Å². The van der Waals surface area contributed by atoms with Crippen LogP contribution in [0.5, 0.6) is 0 Å². The van der Waals surface area contributed by atoms with Crippen molar-refractivity contribution in [1.82, 2.24) is 0 Å². The monoisotopic (exact) mass is 434 g/mol. The zero-order chi connectivity index (χ0) is 23.7. The van der Waals surface area contributed by atoms with Crippen LogP contribution in [0.25, 0.3) is 0 Å².